The zero-order valence-electron chi connectivity index (χ0n) is 15.4. The number of nitrogens with one attached hydrogen (secondary N) is 1. The van der Waals surface area contributed by atoms with Gasteiger partial charge in [0.1, 0.15) is 11.5 Å². The molecule has 6 heteroatoms. The number of furan rings is 1. The zero-order valence-corrected chi connectivity index (χ0v) is 17.6. The van der Waals surface area contributed by atoms with Gasteiger partial charge in [-0.15, -0.1) is 0 Å². The highest BCUT2D eigenvalue weighted by Crippen LogP contribution is 2.32. The van der Waals surface area contributed by atoms with Crippen LogP contribution in [-0.2, 0) is 6.54 Å². The van der Waals surface area contributed by atoms with Crippen LogP contribution >= 0.6 is 34.8 Å². The van der Waals surface area contributed by atoms with Gasteiger partial charge in [0.25, 0.3) is 0 Å². The molecule has 0 aliphatic carbocycles. The molecule has 2 aromatic carbocycles. The second-order valence-corrected chi connectivity index (χ2v) is 8.27. The van der Waals surface area contributed by atoms with E-state index in [1.807, 2.05) is 30.3 Å². The molecule has 3 aromatic rings. The summed E-state index contributed by atoms with van der Waals surface area (Å²) in [6, 6.07) is 15.4. The molecule has 1 fully saturated rings. The Labute approximate surface area is 180 Å². The van der Waals surface area contributed by atoms with Gasteiger partial charge in [-0.3, -0.25) is 0 Å². The van der Waals surface area contributed by atoms with Crippen molar-refractivity contribution in [3.63, 3.8) is 0 Å². The van der Waals surface area contributed by atoms with Crippen LogP contribution in [0.1, 0.15) is 25.0 Å². The lowest BCUT2D eigenvalue weighted by molar-refractivity contribution is 0.531. The number of halogens is 3. The third kappa shape index (κ3) is 4.60. The van der Waals surface area contributed by atoms with E-state index in [1.54, 1.807) is 6.07 Å². The van der Waals surface area contributed by atoms with Gasteiger partial charge in [0.05, 0.1) is 17.3 Å². The summed E-state index contributed by atoms with van der Waals surface area (Å²) in [5.41, 5.74) is 2.94. The molecule has 1 N–H and O–H groups in total. The molecule has 4 rings (SSSR count). The smallest absolute Gasteiger partial charge is 0.134 e. The van der Waals surface area contributed by atoms with Gasteiger partial charge in [-0.2, -0.15) is 0 Å². The summed E-state index contributed by atoms with van der Waals surface area (Å²) in [6.45, 7) is 2.72. The zero-order chi connectivity index (χ0) is 19.5. The topological polar surface area (TPSA) is 28.4 Å². The predicted molar refractivity (Wildman–Crippen MR) is 119 cm³/mol. The van der Waals surface area contributed by atoms with Gasteiger partial charge >= 0.3 is 0 Å². The average Bonchev–Trinajstić information content (AvgIpc) is 3.15. The number of hydrogen-bond acceptors (Lipinski definition) is 3. The average molecular weight is 436 g/mol. The van der Waals surface area contributed by atoms with Crippen molar-refractivity contribution in [2.45, 2.75) is 25.8 Å². The van der Waals surface area contributed by atoms with Gasteiger partial charge in [-0.25, -0.2) is 0 Å². The largest absolute Gasteiger partial charge is 0.459 e. The summed E-state index contributed by atoms with van der Waals surface area (Å²) in [4.78, 5) is 2.37. The van der Waals surface area contributed by atoms with Crippen molar-refractivity contribution in [2.75, 3.05) is 23.3 Å². The van der Waals surface area contributed by atoms with Crippen LogP contribution in [0.4, 0.5) is 11.4 Å². The van der Waals surface area contributed by atoms with E-state index in [1.165, 1.54) is 19.3 Å². The van der Waals surface area contributed by atoms with Crippen LogP contribution in [0.2, 0.25) is 15.1 Å². The van der Waals surface area contributed by atoms with E-state index in [2.05, 4.69) is 22.3 Å². The molecule has 0 spiro atoms. The molecule has 1 aromatic heterocycles. The van der Waals surface area contributed by atoms with Crippen LogP contribution in [-0.4, -0.2) is 13.1 Å². The van der Waals surface area contributed by atoms with Gasteiger partial charge < -0.3 is 14.6 Å². The molecule has 3 nitrogen and oxygen atoms in total. The molecule has 0 unspecified atom stereocenters. The van der Waals surface area contributed by atoms with Crippen molar-refractivity contribution in [3.8, 4) is 11.3 Å². The summed E-state index contributed by atoms with van der Waals surface area (Å²) in [5.74, 6) is 1.56. The SMILES string of the molecule is Clc1cc(Cl)cc(-c2ccc(CNc3ccc(N4CCCCC4)c(Cl)c3)o2)c1. The van der Waals surface area contributed by atoms with E-state index in [0.717, 1.165) is 46.6 Å². The summed E-state index contributed by atoms with van der Waals surface area (Å²) in [6.07, 6.45) is 3.77. The summed E-state index contributed by atoms with van der Waals surface area (Å²) in [7, 11) is 0. The molecule has 0 amide bonds. The van der Waals surface area contributed by atoms with Crippen molar-refractivity contribution >= 4 is 46.2 Å². The van der Waals surface area contributed by atoms with E-state index in [4.69, 9.17) is 39.2 Å². The molecular formula is C22H21Cl3N2O. The summed E-state index contributed by atoms with van der Waals surface area (Å²) >= 11 is 18.7. The third-order valence-corrected chi connectivity index (χ3v) is 5.66. The monoisotopic (exact) mass is 434 g/mol. The molecule has 2 heterocycles. The Bertz CT molecular complexity index is 944. The molecule has 0 atom stereocenters. The third-order valence-electron chi connectivity index (χ3n) is 4.92. The molecule has 28 heavy (non-hydrogen) atoms. The molecule has 1 aliphatic rings. The highest BCUT2D eigenvalue weighted by Gasteiger charge is 2.14. The first kappa shape index (κ1) is 19.5. The lowest BCUT2D eigenvalue weighted by Gasteiger charge is -2.29. The minimum atomic E-state index is 0.563. The number of piperidine rings is 1. The Morgan fingerprint density at radius 3 is 2.32 bits per heavy atom. The van der Waals surface area contributed by atoms with Crippen molar-refractivity contribution in [2.24, 2.45) is 0 Å². The number of nitrogens with zero attached hydrogens (tertiary/aromatic N) is 1. The summed E-state index contributed by atoms with van der Waals surface area (Å²) < 4.78 is 5.93. The van der Waals surface area contributed by atoms with Crippen molar-refractivity contribution in [1.82, 2.24) is 0 Å². The fraction of sp³-hybridized carbons (Fsp3) is 0.273. The van der Waals surface area contributed by atoms with Gasteiger partial charge in [0.2, 0.25) is 0 Å². The van der Waals surface area contributed by atoms with Crippen molar-refractivity contribution in [1.29, 1.82) is 0 Å². The lowest BCUT2D eigenvalue weighted by Crippen LogP contribution is -2.29. The normalized spacial score (nSPS) is 14.3. The second kappa shape index (κ2) is 8.69. The Balaban J connectivity index is 1.42. The molecule has 0 radical (unpaired) electrons. The fourth-order valence-corrected chi connectivity index (χ4v) is 4.35. The van der Waals surface area contributed by atoms with Crippen LogP contribution in [0.3, 0.4) is 0 Å². The highest BCUT2D eigenvalue weighted by molar-refractivity contribution is 6.35. The molecule has 146 valence electrons. The lowest BCUT2D eigenvalue weighted by atomic mass is 10.1. The molecule has 1 saturated heterocycles. The first-order chi connectivity index (χ1) is 13.6. The van der Waals surface area contributed by atoms with Gasteiger partial charge in [-0.1, -0.05) is 34.8 Å². The molecule has 0 saturated carbocycles. The maximum Gasteiger partial charge on any atom is 0.134 e. The first-order valence-electron chi connectivity index (χ1n) is 9.42. The molecule has 0 bridgehead atoms. The maximum atomic E-state index is 6.53. The van der Waals surface area contributed by atoms with E-state index in [0.29, 0.717) is 16.6 Å². The second-order valence-electron chi connectivity index (χ2n) is 6.99. The Morgan fingerprint density at radius 1 is 0.857 bits per heavy atom. The van der Waals surface area contributed by atoms with Crippen LogP contribution < -0.4 is 10.2 Å². The quantitative estimate of drug-likeness (QED) is 0.449. The Kier molecular flexibility index (Phi) is 6.05. The summed E-state index contributed by atoms with van der Waals surface area (Å²) in [5, 5.41) is 5.32. The fourth-order valence-electron chi connectivity index (χ4n) is 3.52. The maximum absolute atomic E-state index is 6.53. The van der Waals surface area contributed by atoms with Crippen molar-refractivity contribution < 1.29 is 4.42 Å². The highest BCUT2D eigenvalue weighted by atomic mass is 35.5. The number of hydrogen-bond donors (Lipinski definition) is 1. The first-order valence-corrected chi connectivity index (χ1v) is 10.6. The number of anilines is 2. The molecular weight excluding hydrogens is 415 g/mol. The van der Waals surface area contributed by atoms with Crippen LogP contribution in [0.15, 0.2) is 52.9 Å². The Hall–Kier alpha value is -1.81. The van der Waals surface area contributed by atoms with Crippen LogP contribution in [0, 0.1) is 0 Å². The minimum Gasteiger partial charge on any atom is -0.459 e. The van der Waals surface area contributed by atoms with Gasteiger partial charge in [0.15, 0.2) is 0 Å². The van der Waals surface area contributed by atoms with E-state index in [9.17, 15) is 0 Å². The van der Waals surface area contributed by atoms with Crippen molar-refractivity contribution in [3.05, 3.63) is 69.4 Å². The van der Waals surface area contributed by atoms with Gasteiger partial charge in [-0.05, 0) is 67.8 Å². The predicted octanol–water partition coefficient (Wildman–Crippen LogP) is 7.51. The van der Waals surface area contributed by atoms with Crippen LogP contribution in [0.5, 0.6) is 0 Å². The van der Waals surface area contributed by atoms with Gasteiger partial charge in [0, 0.05) is 34.4 Å². The van der Waals surface area contributed by atoms with E-state index in [-0.39, 0.29) is 0 Å². The molecule has 1 aliphatic heterocycles. The minimum absolute atomic E-state index is 0.563. The van der Waals surface area contributed by atoms with Crippen LogP contribution in [0.25, 0.3) is 11.3 Å². The van der Waals surface area contributed by atoms with E-state index < -0.39 is 0 Å². The number of benzene rings is 2. The Morgan fingerprint density at radius 2 is 1.61 bits per heavy atom. The standard InChI is InChI=1S/C22H21Cl3N2O/c23-16-10-15(11-17(24)12-16)22-7-5-19(28-22)14-26-18-4-6-21(20(25)13-18)27-8-2-1-3-9-27/h4-7,10-13,26H,1-3,8-9,14H2. The number of rotatable bonds is 5. The van der Waals surface area contributed by atoms with E-state index >= 15 is 0 Å².